The number of phenolic OH excluding ortho intramolecular Hbond substituents is 1. The molecule has 5 atom stereocenters. The van der Waals surface area contributed by atoms with Crippen molar-refractivity contribution in [2.75, 3.05) is 37.7 Å². The smallest absolute Gasteiger partial charge is 0.320 e. The summed E-state index contributed by atoms with van der Waals surface area (Å²) < 4.78 is 42.3. The highest BCUT2D eigenvalue weighted by Crippen LogP contribution is 2.45. The van der Waals surface area contributed by atoms with E-state index in [1.807, 2.05) is 0 Å². The largest absolute Gasteiger partial charge is 0.508 e. The minimum Gasteiger partial charge on any atom is -0.508 e. The fraction of sp³-hybridized carbons (Fsp3) is 0.441. The fourth-order valence-electron chi connectivity index (χ4n) is 8.51. The lowest BCUT2D eigenvalue weighted by molar-refractivity contribution is 0.107. The number of aromatic hydroxyl groups is 1. The SMILES string of the molecule is C#Cc1c(F)ccc2cc(O)cc(-c3cc4c5c(nc(OC[C@@]67CCCN6C[C@H](F)C7)nc5n3)N3CC5CCC(N5)C3CO4)c12. The number of ether oxygens (including phenoxy) is 2. The van der Waals surface area contributed by atoms with Crippen molar-refractivity contribution in [1.29, 1.82) is 0 Å². The summed E-state index contributed by atoms with van der Waals surface area (Å²) in [6, 6.07) is 8.59. The second kappa shape index (κ2) is 9.86. The molecule has 7 heterocycles. The van der Waals surface area contributed by atoms with Crippen LogP contribution in [-0.4, -0.2) is 87.6 Å². The van der Waals surface area contributed by atoms with Gasteiger partial charge in [-0.2, -0.15) is 9.97 Å². The highest BCUT2D eigenvalue weighted by Gasteiger charge is 2.50. The molecule has 11 heteroatoms. The summed E-state index contributed by atoms with van der Waals surface area (Å²) >= 11 is 0. The van der Waals surface area contributed by atoms with Crippen molar-refractivity contribution in [2.24, 2.45) is 0 Å². The Bertz CT molecular complexity index is 1930. The Balaban J connectivity index is 1.22. The number of fused-ring (bicyclic) bond motifs is 7. The Morgan fingerprint density at radius 1 is 1.16 bits per heavy atom. The van der Waals surface area contributed by atoms with Crippen molar-refractivity contribution >= 4 is 27.6 Å². The quantitative estimate of drug-likeness (QED) is 0.328. The van der Waals surface area contributed by atoms with Crippen LogP contribution in [0.1, 0.15) is 37.7 Å². The maximum absolute atomic E-state index is 14.9. The van der Waals surface area contributed by atoms with Gasteiger partial charge in [0.05, 0.1) is 22.8 Å². The Morgan fingerprint density at radius 3 is 2.96 bits per heavy atom. The molecule has 0 aliphatic carbocycles. The highest BCUT2D eigenvalue weighted by atomic mass is 19.1. The molecule has 0 radical (unpaired) electrons. The number of phenols is 1. The van der Waals surface area contributed by atoms with Gasteiger partial charge in [0.2, 0.25) is 0 Å². The van der Waals surface area contributed by atoms with Gasteiger partial charge in [0, 0.05) is 48.6 Å². The van der Waals surface area contributed by atoms with Crippen molar-refractivity contribution in [3.8, 4) is 41.1 Å². The summed E-state index contributed by atoms with van der Waals surface area (Å²) in [5, 5.41) is 16.1. The van der Waals surface area contributed by atoms with E-state index in [0.717, 1.165) is 38.8 Å². The summed E-state index contributed by atoms with van der Waals surface area (Å²) in [5.41, 5.74) is 0.977. The van der Waals surface area contributed by atoms with Crippen LogP contribution in [0.2, 0.25) is 0 Å². The number of nitrogens with one attached hydrogen (secondary N) is 1. The molecule has 2 aromatic heterocycles. The predicted molar refractivity (Wildman–Crippen MR) is 165 cm³/mol. The molecule has 230 valence electrons. The molecular weight excluding hydrogens is 578 g/mol. The maximum Gasteiger partial charge on any atom is 0.320 e. The number of piperazine rings is 1. The maximum atomic E-state index is 14.9. The van der Waals surface area contributed by atoms with Crippen molar-refractivity contribution in [3.05, 3.63) is 41.7 Å². The monoisotopic (exact) mass is 610 g/mol. The zero-order chi connectivity index (χ0) is 30.4. The van der Waals surface area contributed by atoms with Gasteiger partial charge in [0.15, 0.2) is 5.65 Å². The van der Waals surface area contributed by atoms with Crippen LogP contribution in [0.15, 0.2) is 30.3 Å². The lowest BCUT2D eigenvalue weighted by Gasteiger charge is -2.40. The van der Waals surface area contributed by atoms with E-state index >= 15 is 0 Å². The van der Waals surface area contributed by atoms with E-state index in [4.69, 9.17) is 30.8 Å². The third kappa shape index (κ3) is 4.15. The lowest BCUT2D eigenvalue weighted by Crippen LogP contribution is -2.60. The minimum absolute atomic E-state index is 0.00417. The van der Waals surface area contributed by atoms with Crippen LogP contribution in [0, 0.1) is 18.2 Å². The van der Waals surface area contributed by atoms with Crippen LogP contribution in [0.3, 0.4) is 0 Å². The molecule has 5 aliphatic rings. The molecule has 5 aliphatic heterocycles. The third-order valence-corrected chi connectivity index (χ3v) is 10.5. The summed E-state index contributed by atoms with van der Waals surface area (Å²) in [5.74, 6) is 3.20. The van der Waals surface area contributed by atoms with Crippen LogP contribution >= 0.6 is 0 Å². The summed E-state index contributed by atoms with van der Waals surface area (Å²) in [6.07, 6.45) is 9.35. The minimum atomic E-state index is -0.869. The number of hydrogen-bond acceptors (Lipinski definition) is 9. The lowest BCUT2D eigenvalue weighted by atomic mass is 9.95. The molecule has 4 fully saturated rings. The van der Waals surface area contributed by atoms with Gasteiger partial charge in [-0.25, -0.2) is 13.8 Å². The van der Waals surface area contributed by atoms with Crippen LogP contribution < -0.4 is 19.7 Å². The van der Waals surface area contributed by atoms with E-state index in [-0.39, 0.29) is 34.9 Å². The molecule has 0 spiro atoms. The van der Waals surface area contributed by atoms with Gasteiger partial charge in [-0.3, -0.25) is 4.90 Å². The number of alkyl halides is 1. The number of anilines is 1. The van der Waals surface area contributed by atoms with Gasteiger partial charge in [-0.1, -0.05) is 12.0 Å². The number of halogens is 2. The first kappa shape index (κ1) is 27.1. The van der Waals surface area contributed by atoms with Crippen LogP contribution in [0.5, 0.6) is 17.5 Å². The van der Waals surface area contributed by atoms with Gasteiger partial charge >= 0.3 is 6.01 Å². The van der Waals surface area contributed by atoms with E-state index in [9.17, 15) is 13.9 Å². The van der Waals surface area contributed by atoms with E-state index in [2.05, 4.69) is 21.0 Å². The molecule has 0 amide bonds. The molecule has 0 saturated carbocycles. The number of nitrogens with zero attached hydrogens (tertiary/aromatic N) is 5. The van der Waals surface area contributed by atoms with Crippen molar-refractivity contribution in [1.82, 2.24) is 25.2 Å². The van der Waals surface area contributed by atoms with Crippen LogP contribution in [0.4, 0.5) is 14.6 Å². The number of terminal acetylenes is 1. The summed E-state index contributed by atoms with van der Waals surface area (Å²) in [6.45, 7) is 2.78. The first-order chi connectivity index (χ1) is 21.9. The zero-order valence-electron chi connectivity index (χ0n) is 24.6. The Kier molecular flexibility index (Phi) is 5.93. The normalized spacial score (nSPS) is 28.5. The van der Waals surface area contributed by atoms with E-state index < -0.39 is 12.0 Å². The van der Waals surface area contributed by atoms with Crippen molar-refractivity contribution in [2.45, 2.75) is 61.9 Å². The average molecular weight is 611 g/mol. The fourth-order valence-corrected chi connectivity index (χ4v) is 8.51. The number of pyridine rings is 1. The predicted octanol–water partition coefficient (Wildman–Crippen LogP) is 4.33. The first-order valence-electron chi connectivity index (χ1n) is 15.7. The average Bonchev–Trinajstić information content (AvgIpc) is 3.66. The molecule has 4 saturated heterocycles. The Hall–Kier alpha value is -4.27. The highest BCUT2D eigenvalue weighted by molar-refractivity contribution is 6.03. The summed E-state index contributed by atoms with van der Waals surface area (Å²) in [7, 11) is 0. The van der Waals surface area contributed by atoms with E-state index in [1.165, 1.54) is 12.1 Å². The van der Waals surface area contributed by atoms with E-state index in [1.54, 1.807) is 18.2 Å². The molecule has 45 heavy (non-hydrogen) atoms. The van der Waals surface area contributed by atoms with Crippen LogP contribution in [0.25, 0.3) is 33.1 Å². The zero-order valence-corrected chi connectivity index (χ0v) is 24.6. The topological polar surface area (TPSA) is 95.9 Å². The van der Waals surface area contributed by atoms with Gasteiger partial charge in [0.1, 0.15) is 47.9 Å². The number of aromatic nitrogens is 3. The van der Waals surface area contributed by atoms with E-state index in [0.29, 0.717) is 76.9 Å². The molecule has 3 unspecified atom stereocenters. The van der Waals surface area contributed by atoms with Gasteiger partial charge < -0.3 is 24.8 Å². The number of hydrogen-bond donors (Lipinski definition) is 2. The molecule has 9 nitrogen and oxygen atoms in total. The molecule has 9 rings (SSSR count). The van der Waals surface area contributed by atoms with Crippen molar-refractivity contribution < 1.29 is 23.4 Å². The van der Waals surface area contributed by atoms with Crippen LogP contribution in [-0.2, 0) is 0 Å². The van der Waals surface area contributed by atoms with Gasteiger partial charge in [-0.05, 0) is 55.8 Å². The molecule has 2 aromatic carbocycles. The summed E-state index contributed by atoms with van der Waals surface area (Å²) in [4.78, 5) is 19.3. The molecule has 2 bridgehead atoms. The Morgan fingerprint density at radius 2 is 2.07 bits per heavy atom. The third-order valence-electron chi connectivity index (χ3n) is 10.5. The van der Waals surface area contributed by atoms with Crippen molar-refractivity contribution in [3.63, 3.8) is 0 Å². The number of benzene rings is 2. The molecule has 2 N–H and O–H groups in total. The number of rotatable bonds is 4. The molecule has 4 aromatic rings. The molecular formula is C34H32F2N6O3. The van der Waals surface area contributed by atoms with Gasteiger partial charge in [0.25, 0.3) is 0 Å². The second-order valence-corrected chi connectivity index (χ2v) is 13.1. The first-order valence-corrected chi connectivity index (χ1v) is 15.7. The van der Waals surface area contributed by atoms with Gasteiger partial charge in [-0.15, -0.1) is 6.42 Å². The Labute approximate surface area is 258 Å². The standard InChI is InChI=1S/C34H32F2N6O3/c1-2-22-24(36)6-4-18-10-21(43)11-23(29(18)22)26-12-28-30-31(38-26)39-33(45-17-34-8-3-9-41(34)14-19(35)13-34)40-32(30)42-15-20-5-7-25(37-20)27(42)16-44-28/h1,4,6,10-12,19-20,25,27,37,43H,3,5,7-9,13-17H2/t19-,20?,25?,27?,34+/m1/s1. The second-order valence-electron chi connectivity index (χ2n) is 13.1.